The summed E-state index contributed by atoms with van der Waals surface area (Å²) < 4.78 is 10.5. The minimum atomic E-state index is 0.346. The zero-order chi connectivity index (χ0) is 18.1. The van der Waals surface area contributed by atoms with Crippen molar-refractivity contribution in [2.45, 2.75) is 13.8 Å². The van der Waals surface area contributed by atoms with Gasteiger partial charge in [0.1, 0.15) is 0 Å². The van der Waals surface area contributed by atoms with E-state index in [1.54, 1.807) is 20.4 Å². The molecule has 0 bridgehead atoms. The van der Waals surface area contributed by atoms with Crippen LogP contribution in [0, 0.1) is 0 Å². The van der Waals surface area contributed by atoms with Crippen molar-refractivity contribution in [2.75, 3.05) is 43.4 Å². The van der Waals surface area contributed by atoms with Gasteiger partial charge in [-0.3, -0.25) is 0 Å². The van der Waals surface area contributed by atoms with E-state index in [9.17, 15) is 0 Å². The number of methoxy groups -OCH3 is 2. The maximum absolute atomic E-state index is 5.27. The summed E-state index contributed by atoms with van der Waals surface area (Å²) in [6.45, 7) is 5.37. The molecule has 0 unspecified atom stereocenters. The highest BCUT2D eigenvalue weighted by molar-refractivity contribution is 5.81. The van der Waals surface area contributed by atoms with E-state index >= 15 is 0 Å². The first-order chi connectivity index (χ1) is 12.2. The van der Waals surface area contributed by atoms with Crippen LogP contribution < -0.4 is 25.5 Å². The molecule has 9 heteroatoms. The predicted octanol–water partition coefficient (Wildman–Crippen LogP) is 2.20. The molecule has 2 rings (SSSR count). The van der Waals surface area contributed by atoms with Crippen molar-refractivity contribution in [2.24, 2.45) is 5.10 Å². The van der Waals surface area contributed by atoms with E-state index in [4.69, 9.17) is 9.47 Å². The van der Waals surface area contributed by atoms with Crippen molar-refractivity contribution >= 4 is 24.1 Å². The Bertz CT molecular complexity index is 697. The number of hydrogen-bond donors (Lipinski definition) is 3. The quantitative estimate of drug-likeness (QED) is 0.469. The van der Waals surface area contributed by atoms with Crippen LogP contribution in [0.15, 0.2) is 23.3 Å². The van der Waals surface area contributed by atoms with Gasteiger partial charge >= 0.3 is 0 Å². The third kappa shape index (κ3) is 5.20. The highest BCUT2D eigenvalue weighted by Gasteiger charge is 2.05. The number of rotatable bonds is 9. The van der Waals surface area contributed by atoms with Crippen LogP contribution in [0.4, 0.5) is 17.8 Å². The standard InChI is InChI=1S/C16H23N7O2/c1-5-17-14-20-15(18-6-2)22-16(21-14)23-19-10-11-7-8-12(24-3)13(9-11)25-4/h7-10H,5-6H2,1-4H3,(H3,17,18,20,21,22,23)/b19-10+. The van der Waals surface area contributed by atoms with E-state index in [0.29, 0.717) is 42.4 Å². The molecule has 0 radical (unpaired) electrons. The Morgan fingerprint density at radius 2 is 1.52 bits per heavy atom. The van der Waals surface area contributed by atoms with Gasteiger partial charge in [-0.1, -0.05) is 0 Å². The fourth-order valence-corrected chi connectivity index (χ4v) is 2.00. The fourth-order valence-electron chi connectivity index (χ4n) is 2.00. The van der Waals surface area contributed by atoms with Crippen LogP contribution in [0.1, 0.15) is 19.4 Å². The molecule has 1 heterocycles. The van der Waals surface area contributed by atoms with E-state index in [1.165, 1.54) is 0 Å². The zero-order valence-electron chi connectivity index (χ0n) is 14.8. The van der Waals surface area contributed by atoms with E-state index < -0.39 is 0 Å². The molecule has 0 amide bonds. The Morgan fingerprint density at radius 1 is 0.920 bits per heavy atom. The molecule has 0 aliphatic carbocycles. The molecule has 0 aliphatic rings. The zero-order valence-corrected chi connectivity index (χ0v) is 14.8. The van der Waals surface area contributed by atoms with E-state index in [2.05, 4.69) is 36.1 Å². The van der Waals surface area contributed by atoms with E-state index in [-0.39, 0.29) is 0 Å². The molecular weight excluding hydrogens is 322 g/mol. The molecule has 0 saturated carbocycles. The van der Waals surface area contributed by atoms with Gasteiger partial charge < -0.3 is 20.1 Å². The molecule has 3 N–H and O–H groups in total. The second-order valence-electron chi connectivity index (χ2n) is 4.85. The number of ether oxygens (including phenoxy) is 2. The van der Waals surface area contributed by atoms with Gasteiger partial charge in [-0.2, -0.15) is 20.1 Å². The van der Waals surface area contributed by atoms with Crippen molar-refractivity contribution in [3.63, 3.8) is 0 Å². The fraction of sp³-hybridized carbons (Fsp3) is 0.375. The van der Waals surface area contributed by atoms with Gasteiger partial charge in [0.05, 0.1) is 20.4 Å². The van der Waals surface area contributed by atoms with Crippen molar-refractivity contribution in [3.05, 3.63) is 23.8 Å². The smallest absolute Gasteiger partial charge is 0.250 e. The topological polar surface area (TPSA) is 106 Å². The average Bonchev–Trinajstić information content (AvgIpc) is 2.62. The van der Waals surface area contributed by atoms with E-state index in [1.807, 2.05) is 32.0 Å². The van der Waals surface area contributed by atoms with Gasteiger partial charge in [0.2, 0.25) is 17.8 Å². The first kappa shape index (κ1) is 18.2. The minimum absolute atomic E-state index is 0.346. The van der Waals surface area contributed by atoms with Crippen molar-refractivity contribution in [1.29, 1.82) is 0 Å². The molecule has 0 saturated heterocycles. The largest absolute Gasteiger partial charge is 0.493 e. The normalized spacial score (nSPS) is 10.6. The van der Waals surface area contributed by atoms with Crippen molar-refractivity contribution < 1.29 is 9.47 Å². The van der Waals surface area contributed by atoms with Gasteiger partial charge in [-0.05, 0) is 37.6 Å². The summed E-state index contributed by atoms with van der Waals surface area (Å²) in [5, 5.41) is 10.3. The summed E-state index contributed by atoms with van der Waals surface area (Å²) in [6, 6.07) is 5.51. The van der Waals surface area contributed by atoms with Crippen LogP contribution in [-0.2, 0) is 0 Å². The van der Waals surface area contributed by atoms with Crippen LogP contribution in [0.25, 0.3) is 0 Å². The van der Waals surface area contributed by atoms with Gasteiger partial charge in [0.25, 0.3) is 0 Å². The van der Waals surface area contributed by atoms with Crippen LogP contribution in [0.5, 0.6) is 11.5 Å². The van der Waals surface area contributed by atoms with Crippen LogP contribution in [0.2, 0.25) is 0 Å². The number of hydrogen-bond acceptors (Lipinski definition) is 9. The summed E-state index contributed by atoms with van der Waals surface area (Å²) in [6.07, 6.45) is 1.64. The maximum atomic E-state index is 5.27. The van der Waals surface area contributed by atoms with Crippen molar-refractivity contribution in [1.82, 2.24) is 15.0 Å². The first-order valence-electron chi connectivity index (χ1n) is 7.95. The Labute approximate surface area is 146 Å². The Hall–Kier alpha value is -3.10. The molecule has 0 spiro atoms. The van der Waals surface area contributed by atoms with Crippen LogP contribution >= 0.6 is 0 Å². The second kappa shape index (κ2) is 9.26. The molecule has 134 valence electrons. The monoisotopic (exact) mass is 345 g/mol. The summed E-state index contributed by atoms with van der Waals surface area (Å²) >= 11 is 0. The van der Waals surface area contributed by atoms with Crippen LogP contribution in [-0.4, -0.2) is 48.5 Å². The SMILES string of the molecule is CCNc1nc(NCC)nc(N/N=C/c2ccc(OC)c(OC)c2)n1. The highest BCUT2D eigenvalue weighted by atomic mass is 16.5. The van der Waals surface area contributed by atoms with Gasteiger partial charge in [0, 0.05) is 13.1 Å². The summed E-state index contributed by atoms with van der Waals surface area (Å²) in [5.74, 6) is 2.61. The lowest BCUT2D eigenvalue weighted by atomic mass is 10.2. The lowest BCUT2D eigenvalue weighted by Gasteiger charge is -2.08. The summed E-state index contributed by atoms with van der Waals surface area (Å²) in [5.41, 5.74) is 3.66. The van der Waals surface area contributed by atoms with Gasteiger partial charge in [-0.25, -0.2) is 5.43 Å². The summed E-state index contributed by atoms with van der Waals surface area (Å²) in [4.78, 5) is 12.8. The third-order valence-corrected chi connectivity index (χ3v) is 3.09. The molecule has 0 fully saturated rings. The van der Waals surface area contributed by atoms with Crippen molar-refractivity contribution in [3.8, 4) is 11.5 Å². The third-order valence-electron chi connectivity index (χ3n) is 3.09. The lowest BCUT2D eigenvalue weighted by Crippen LogP contribution is -2.10. The highest BCUT2D eigenvalue weighted by Crippen LogP contribution is 2.26. The molecule has 0 atom stereocenters. The number of nitrogens with zero attached hydrogens (tertiary/aromatic N) is 4. The first-order valence-corrected chi connectivity index (χ1v) is 7.95. The lowest BCUT2D eigenvalue weighted by molar-refractivity contribution is 0.355. The number of benzene rings is 1. The van der Waals surface area contributed by atoms with Gasteiger partial charge in [0.15, 0.2) is 11.5 Å². The number of aromatic nitrogens is 3. The molecule has 0 aliphatic heterocycles. The Morgan fingerprint density at radius 3 is 2.08 bits per heavy atom. The van der Waals surface area contributed by atoms with Crippen LogP contribution in [0.3, 0.4) is 0 Å². The number of hydrazone groups is 1. The Balaban J connectivity index is 2.13. The molecular formula is C16H23N7O2. The second-order valence-corrected chi connectivity index (χ2v) is 4.85. The summed E-state index contributed by atoms with van der Waals surface area (Å²) in [7, 11) is 3.18. The average molecular weight is 345 g/mol. The van der Waals surface area contributed by atoms with Gasteiger partial charge in [-0.15, -0.1) is 0 Å². The molecule has 25 heavy (non-hydrogen) atoms. The number of nitrogens with one attached hydrogen (secondary N) is 3. The predicted molar refractivity (Wildman–Crippen MR) is 98.9 cm³/mol. The minimum Gasteiger partial charge on any atom is -0.493 e. The molecule has 2 aromatic rings. The van der Waals surface area contributed by atoms with E-state index in [0.717, 1.165) is 5.56 Å². The number of anilines is 3. The molecule has 1 aromatic carbocycles. The molecule has 9 nitrogen and oxygen atoms in total. The Kier molecular flexibility index (Phi) is 6.76. The maximum Gasteiger partial charge on any atom is 0.250 e. The molecule has 1 aromatic heterocycles.